The van der Waals surface area contributed by atoms with Crippen molar-refractivity contribution in [2.45, 2.75) is 20.4 Å². The number of methoxy groups -OCH3 is 2. The van der Waals surface area contributed by atoms with Crippen LogP contribution < -0.4 is 19.5 Å². The van der Waals surface area contributed by atoms with E-state index in [2.05, 4.69) is 24.1 Å². The Morgan fingerprint density at radius 1 is 1.05 bits per heavy atom. The minimum absolute atomic E-state index is 0.611. The fourth-order valence-corrected chi connectivity index (χ4v) is 2.20. The summed E-state index contributed by atoms with van der Waals surface area (Å²) in [5.41, 5.74) is 1.10. The summed E-state index contributed by atoms with van der Waals surface area (Å²) < 4.78 is 16.8. The van der Waals surface area contributed by atoms with Crippen LogP contribution in [0.5, 0.6) is 17.2 Å². The Morgan fingerprint density at radius 3 is 2.05 bits per heavy atom. The van der Waals surface area contributed by atoms with Gasteiger partial charge in [-0.2, -0.15) is 0 Å². The molecule has 0 spiro atoms. The molecule has 0 saturated heterocycles. The fraction of sp³-hybridized carbons (Fsp3) is 0.625. The Kier molecular flexibility index (Phi) is 7.93. The molecular weight excluding hydrogens is 268 g/mol. The van der Waals surface area contributed by atoms with Gasteiger partial charge in [-0.1, -0.05) is 13.8 Å². The molecule has 0 heterocycles. The molecule has 1 aromatic rings. The van der Waals surface area contributed by atoms with Gasteiger partial charge in [-0.15, -0.1) is 0 Å². The van der Waals surface area contributed by atoms with Crippen molar-refractivity contribution < 1.29 is 14.2 Å². The molecule has 0 unspecified atom stereocenters. The van der Waals surface area contributed by atoms with Gasteiger partial charge in [0.15, 0.2) is 11.5 Å². The Balaban J connectivity index is 2.83. The number of rotatable bonds is 10. The zero-order chi connectivity index (χ0) is 15.7. The highest BCUT2D eigenvalue weighted by atomic mass is 16.5. The lowest BCUT2D eigenvalue weighted by molar-refractivity contribution is 0.211. The van der Waals surface area contributed by atoms with Crippen LogP contribution in [0.4, 0.5) is 0 Å². The average molecular weight is 296 g/mol. The smallest absolute Gasteiger partial charge is 0.203 e. The van der Waals surface area contributed by atoms with E-state index in [9.17, 15) is 0 Å². The Labute approximate surface area is 128 Å². The summed E-state index contributed by atoms with van der Waals surface area (Å²) in [5, 5.41) is 3.12. The van der Waals surface area contributed by atoms with E-state index >= 15 is 0 Å². The van der Waals surface area contributed by atoms with E-state index < -0.39 is 0 Å². The van der Waals surface area contributed by atoms with Crippen LogP contribution >= 0.6 is 0 Å². The summed E-state index contributed by atoms with van der Waals surface area (Å²) in [4.78, 5) is 2.31. The number of ether oxygens (including phenoxy) is 3. The summed E-state index contributed by atoms with van der Waals surface area (Å²) in [6.45, 7) is 8.60. The molecule has 0 aromatic heterocycles. The van der Waals surface area contributed by atoms with Crippen LogP contribution in [0.1, 0.15) is 19.4 Å². The van der Waals surface area contributed by atoms with Gasteiger partial charge in [0.25, 0.3) is 0 Å². The van der Waals surface area contributed by atoms with Gasteiger partial charge in [-0.05, 0) is 37.8 Å². The van der Waals surface area contributed by atoms with E-state index in [0.29, 0.717) is 23.9 Å². The maximum atomic E-state index is 5.91. The molecule has 0 aliphatic rings. The van der Waals surface area contributed by atoms with Crippen molar-refractivity contribution in [3.05, 3.63) is 17.7 Å². The summed E-state index contributed by atoms with van der Waals surface area (Å²) in [6.07, 6.45) is 0. The Hall–Kier alpha value is -1.46. The number of hydrogen-bond donors (Lipinski definition) is 1. The van der Waals surface area contributed by atoms with E-state index in [1.165, 1.54) is 0 Å². The molecule has 0 amide bonds. The van der Waals surface area contributed by atoms with Crippen LogP contribution in [-0.4, -0.2) is 52.4 Å². The summed E-state index contributed by atoms with van der Waals surface area (Å²) in [7, 11) is 5.21. The van der Waals surface area contributed by atoms with E-state index in [0.717, 1.165) is 31.7 Å². The first kappa shape index (κ1) is 17.6. The number of likely N-dealkylation sites (N-methyl/N-ethyl adjacent to an activating group) is 1. The van der Waals surface area contributed by atoms with Gasteiger partial charge in [0.05, 0.1) is 14.2 Å². The van der Waals surface area contributed by atoms with Gasteiger partial charge in [0.2, 0.25) is 5.75 Å². The third-order valence-electron chi connectivity index (χ3n) is 3.45. The van der Waals surface area contributed by atoms with E-state index in [1.807, 2.05) is 19.2 Å². The lowest BCUT2D eigenvalue weighted by Gasteiger charge is -2.20. The highest BCUT2D eigenvalue weighted by Gasteiger charge is 2.14. The molecule has 0 radical (unpaired) electrons. The van der Waals surface area contributed by atoms with Gasteiger partial charge < -0.3 is 24.4 Å². The predicted molar refractivity (Wildman–Crippen MR) is 85.6 cm³/mol. The quantitative estimate of drug-likeness (QED) is 0.716. The maximum Gasteiger partial charge on any atom is 0.203 e. The molecule has 21 heavy (non-hydrogen) atoms. The molecule has 5 nitrogen and oxygen atoms in total. The van der Waals surface area contributed by atoms with Crippen molar-refractivity contribution >= 4 is 0 Å². The summed E-state index contributed by atoms with van der Waals surface area (Å²) in [5.74, 6) is 2.09. The van der Waals surface area contributed by atoms with Crippen LogP contribution in [0.15, 0.2) is 12.1 Å². The van der Waals surface area contributed by atoms with Crippen molar-refractivity contribution in [2.24, 2.45) is 0 Å². The van der Waals surface area contributed by atoms with Gasteiger partial charge >= 0.3 is 0 Å². The lowest BCUT2D eigenvalue weighted by atomic mass is 10.2. The molecule has 0 bridgehead atoms. The topological polar surface area (TPSA) is 43.0 Å². The minimum atomic E-state index is 0.611. The van der Waals surface area contributed by atoms with Crippen molar-refractivity contribution in [1.82, 2.24) is 10.2 Å². The lowest BCUT2D eigenvalue weighted by Crippen LogP contribution is -2.28. The Bertz CT molecular complexity index is 395. The number of nitrogens with one attached hydrogen (secondary N) is 1. The second-order valence-corrected chi connectivity index (χ2v) is 4.74. The highest BCUT2D eigenvalue weighted by Crippen LogP contribution is 2.38. The average Bonchev–Trinajstić information content (AvgIpc) is 2.52. The maximum absolute atomic E-state index is 5.91. The summed E-state index contributed by atoms with van der Waals surface area (Å²) >= 11 is 0. The van der Waals surface area contributed by atoms with Gasteiger partial charge in [0.1, 0.15) is 6.61 Å². The molecule has 0 fully saturated rings. The van der Waals surface area contributed by atoms with E-state index in [1.54, 1.807) is 14.2 Å². The minimum Gasteiger partial charge on any atom is -0.493 e. The predicted octanol–water partition coefficient (Wildman–Crippen LogP) is 2.14. The van der Waals surface area contributed by atoms with Crippen molar-refractivity contribution in [3.63, 3.8) is 0 Å². The molecular formula is C16H28N2O3. The van der Waals surface area contributed by atoms with Crippen LogP contribution in [0.2, 0.25) is 0 Å². The molecule has 1 N–H and O–H groups in total. The molecule has 1 rings (SSSR count). The normalized spacial score (nSPS) is 10.8. The summed E-state index contributed by atoms with van der Waals surface area (Å²) in [6, 6.07) is 3.96. The Morgan fingerprint density at radius 2 is 1.62 bits per heavy atom. The van der Waals surface area contributed by atoms with Crippen molar-refractivity contribution in [3.8, 4) is 17.2 Å². The second-order valence-electron chi connectivity index (χ2n) is 4.74. The first-order valence-corrected chi connectivity index (χ1v) is 7.44. The van der Waals surface area contributed by atoms with Gasteiger partial charge in [-0.25, -0.2) is 0 Å². The number of nitrogens with zero attached hydrogens (tertiary/aromatic N) is 1. The third-order valence-corrected chi connectivity index (χ3v) is 3.45. The van der Waals surface area contributed by atoms with Crippen LogP contribution in [-0.2, 0) is 6.54 Å². The standard InChI is InChI=1S/C16H28N2O3/c1-6-18(7-2)8-9-21-16-14(19-4)10-13(12-17-3)11-15(16)20-5/h10-11,17H,6-9,12H2,1-5H3. The largest absolute Gasteiger partial charge is 0.493 e. The first-order chi connectivity index (χ1) is 10.2. The number of benzene rings is 1. The van der Waals surface area contributed by atoms with Crippen LogP contribution in [0, 0.1) is 0 Å². The van der Waals surface area contributed by atoms with Gasteiger partial charge in [0, 0.05) is 13.1 Å². The zero-order valence-corrected chi connectivity index (χ0v) is 13.9. The van der Waals surface area contributed by atoms with Crippen molar-refractivity contribution in [2.75, 3.05) is 47.5 Å². The van der Waals surface area contributed by atoms with E-state index in [-0.39, 0.29) is 0 Å². The highest BCUT2D eigenvalue weighted by molar-refractivity contribution is 5.53. The van der Waals surface area contributed by atoms with E-state index in [4.69, 9.17) is 14.2 Å². The monoisotopic (exact) mass is 296 g/mol. The molecule has 0 aliphatic heterocycles. The second kappa shape index (κ2) is 9.47. The number of hydrogen-bond acceptors (Lipinski definition) is 5. The third kappa shape index (κ3) is 5.10. The van der Waals surface area contributed by atoms with Crippen molar-refractivity contribution in [1.29, 1.82) is 0 Å². The SMILES string of the molecule is CCN(CC)CCOc1c(OC)cc(CNC)cc1OC. The molecule has 0 aliphatic carbocycles. The van der Waals surface area contributed by atoms with Crippen LogP contribution in [0.3, 0.4) is 0 Å². The zero-order valence-electron chi connectivity index (χ0n) is 13.9. The molecule has 0 saturated carbocycles. The molecule has 5 heteroatoms. The fourth-order valence-electron chi connectivity index (χ4n) is 2.20. The molecule has 120 valence electrons. The van der Waals surface area contributed by atoms with Crippen LogP contribution in [0.25, 0.3) is 0 Å². The first-order valence-electron chi connectivity index (χ1n) is 7.44. The molecule has 0 atom stereocenters. The van der Waals surface area contributed by atoms with Gasteiger partial charge in [-0.3, -0.25) is 0 Å². The molecule has 1 aromatic carbocycles.